The van der Waals surface area contributed by atoms with Crippen LogP contribution in [0.3, 0.4) is 0 Å². The lowest BCUT2D eigenvalue weighted by atomic mass is 10.1. The third-order valence-electron chi connectivity index (χ3n) is 4.66. The Kier molecular flexibility index (Phi) is 15.3. The fourth-order valence-corrected chi connectivity index (χ4v) is 2.78. The van der Waals surface area contributed by atoms with Gasteiger partial charge in [0, 0.05) is 24.3 Å². The maximum absolute atomic E-state index is 12.8. The van der Waals surface area contributed by atoms with E-state index in [0.29, 0.717) is 25.8 Å². The number of likely N-dealkylation sites (N-methyl/N-ethyl adjacent to an activating group) is 1. The molecule has 3 unspecified atom stereocenters. The Morgan fingerprint density at radius 2 is 1.36 bits per heavy atom. The largest absolute Gasteiger partial charge is 0.368 e. The van der Waals surface area contributed by atoms with Gasteiger partial charge in [-0.2, -0.15) is 0 Å². The third kappa shape index (κ3) is 12.9. The van der Waals surface area contributed by atoms with Crippen molar-refractivity contribution >= 4 is 29.5 Å². The van der Waals surface area contributed by atoms with Gasteiger partial charge in [0.1, 0.15) is 12.1 Å². The average Bonchev–Trinajstić information content (AvgIpc) is 2.80. The summed E-state index contributed by atoms with van der Waals surface area (Å²) in [5.41, 5.74) is 17.4. The second kappa shape index (κ2) is 17.1. The molecule has 0 aliphatic heterocycles. The van der Waals surface area contributed by atoms with Gasteiger partial charge in [-0.15, -0.1) is 0 Å². The molecule has 0 radical (unpaired) electrons. The molecule has 5 amide bonds. The Balaban J connectivity index is 5.21. The van der Waals surface area contributed by atoms with Gasteiger partial charge in [0.25, 0.3) is 0 Å². The number of nitrogens with one attached hydrogen (secondary N) is 5. The van der Waals surface area contributed by atoms with Crippen LogP contribution in [0, 0.1) is 0 Å². The third-order valence-corrected chi connectivity index (χ3v) is 4.66. The van der Waals surface area contributed by atoms with Crippen LogP contribution in [0.25, 0.3) is 10.4 Å². The van der Waals surface area contributed by atoms with Crippen LogP contribution >= 0.6 is 0 Å². The normalized spacial score (nSPS) is 12.9. The van der Waals surface area contributed by atoms with Crippen molar-refractivity contribution in [3.8, 4) is 0 Å². The van der Waals surface area contributed by atoms with E-state index in [4.69, 9.17) is 23.0 Å². The summed E-state index contributed by atoms with van der Waals surface area (Å²) >= 11 is 0. The molecule has 0 heterocycles. The number of hydrogen-bond donors (Lipinski definition) is 8. The zero-order valence-electron chi connectivity index (χ0n) is 18.5. The quantitative estimate of drug-likeness (QED) is 0.0206. The van der Waals surface area contributed by atoms with E-state index in [1.165, 1.54) is 0 Å². The number of amides is 5. The van der Waals surface area contributed by atoms with Crippen LogP contribution in [0.4, 0.5) is 0 Å². The Morgan fingerprint density at radius 3 is 1.85 bits per heavy atom. The Morgan fingerprint density at radius 1 is 0.848 bits per heavy atom. The Hall–Kier alpha value is -3.46. The molecular weight excluding hydrogens is 438 g/mol. The molecule has 0 aromatic carbocycles. The van der Waals surface area contributed by atoms with Crippen LogP contribution in [-0.2, 0) is 24.0 Å². The van der Waals surface area contributed by atoms with Gasteiger partial charge in [0.15, 0.2) is 0 Å². The molecule has 0 fully saturated rings. The summed E-state index contributed by atoms with van der Waals surface area (Å²) in [5.74, 6) is 6.79. The number of carbonyl (C=O) groups is 5. The summed E-state index contributed by atoms with van der Waals surface area (Å²) in [6, 6.07) is -3.03. The van der Waals surface area contributed by atoms with E-state index in [1.54, 1.807) is 7.05 Å². The van der Waals surface area contributed by atoms with Crippen LogP contribution < -0.4 is 44.2 Å². The summed E-state index contributed by atoms with van der Waals surface area (Å²) in [4.78, 5) is 62.6. The highest BCUT2D eigenvalue weighted by Gasteiger charge is 2.28. The SMILES string of the molecule is CNC(CCCCN=[N+]=[N-])C(=O)NC(CCC(=O)NN)C(=O)NC(CCC(=O)NN)C(N)=O. The van der Waals surface area contributed by atoms with E-state index in [-0.39, 0.29) is 25.7 Å². The van der Waals surface area contributed by atoms with Crippen molar-refractivity contribution in [2.45, 2.75) is 63.1 Å². The monoisotopic (exact) mass is 471 g/mol. The number of azide groups is 1. The van der Waals surface area contributed by atoms with E-state index in [0.717, 1.165) is 0 Å². The van der Waals surface area contributed by atoms with Crippen molar-refractivity contribution < 1.29 is 24.0 Å². The zero-order valence-corrected chi connectivity index (χ0v) is 18.5. The second-order valence-corrected chi connectivity index (χ2v) is 7.03. The molecule has 0 aliphatic carbocycles. The molecule has 0 aromatic heterocycles. The number of primary amides is 1. The molecule has 16 heteroatoms. The van der Waals surface area contributed by atoms with Crippen molar-refractivity contribution in [2.24, 2.45) is 22.5 Å². The number of hydrogen-bond acceptors (Lipinski definition) is 9. The van der Waals surface area contributed by atoms with Crippen LogP contribution in [0.15, 0.2) is 5.11 Å². The van der Waals surface area contributed by atoms with Crippen molar-refractivity contribution in [1.29, 1.82) is 0 Å². The molecular formula is C17H33N11O5. The number of nitrogens with zero attached hydrogens (tertiary/aromatic N) is 3. The van der Waals surface area contributed by atoms with Gasteiger partial charge in [0.05, 0.1) is 6.04 Å². The van der Waals surface area contributed by atoms with Gasteiger partial charge in [0.2, 0.25) is 29.5 Å². The molecule has 11 N–H and O–H groups in total. The number of rotatable bonds is 17. The highest BCUT2D eigenvalue weighted by molar-refractivity contribution is 5.93. The Labute approximate surface area is 190 Å². The van der Waals surface area contributed by atoms with Crippen molar-refractivity contribution in [1.82, 2.24) is 26.8 Å². The Bertz CT molecular complexity index is 726. The van der Waals surface area contributed by atoms with E-state index in [2.05, 4.69) is 26.0 Å². The number of hydrazine groups is 2. The molecule has 0 bridgehead atoms. The first-order valence-electron chi connectivity index (χ1n) is 10.3. The fourth-order valence-electron chi connectivity index (χ4n) is 2.78. The molecule has 0 rings (SSSR count). The maximum Gasteiger partial charge on any atom is 0.243 e. The first-order valence-corrected chi connectivity index (χ1v) is 10.3. The number of nitrogens with two attached hydrogens (primary N) is 3. The predicted molar refractivity (Wildman–Crippen MR) is 117 cm³/mol. The molecule has 0 saturated carbocycles. The van der Waals surface area contributed by atoms with Crippen molar-refractivity contribution in [3.05, 3.63) is 10.4 Å². The van der Waals surface area contributed by atoms with Crippen LogP contribution in [0.2, 0.25) is 0 Å². The van der Waals surface area contributed by atoms with Gasteiger partial charge < -0.3 is 21.7 Å². The lowest BCUT2D eigenvalue weighted by Crippen LogP contribution is -2.56. The summed E-state index contributed by atoms with van der Waals surface area (Å²) in [6.07, 6.45) is 0.987. The molecule has 0 aromatic rings. The standard InChI is InChI=1S/C17H33N11O5/c1-22-11(4-2-3-9-23-28-21)16(32)25-12(6-8-14(30)27-20)17(33)24-10(15(18)31)5-7-13(29)26-19/h10-12,22H,2-9,19-20H2,1H3,(H2,18,31)(H,24,33)(H,25,32)(H,26,29)(H,27,30). The minimum atomic E-state index is -1.20. The average molecular weight is 472 g/mol. The van der Waals surface area contributed by atoms with Crippen molar-refractivity contribution in [3.63, 3.8) is 0 Å². The van der Waals surface area contributed by atoms with E-state index in [9.17, 15) is 24.0 Å². The minimum absolute atomic E-state index is 0.108. The smallest absolute Gasteiger partial charge is 0.243 e. The zero-order chi connectivity index (χ0) is 25.2. The summed E-state index contributed by atoms with van der Waals surface area (Å²) in [7, 11) is 1.57. The van der Waals surface area contributed by atoms with E-state index >= 15 is 0 Å². The maximum atomic E-state index is 12.8. The molecule has 16 nitrogen and oxygen atoms in total. The van der Waals surface area contributed by atoms with Crippen molar-refractivity contribution in [2.75, 3.05) is 13.6 Å². The van der Waals surface area contributed by atoms with Crippen LogP contribution in [0.1, 0.15) is 44.9 Å². The first kappa shape index (κ1) is 29.5. The molecule has 186 valence electrons. The fraction of sp³-hybridized carbons (Fsp3) is 0.706. The molecule has 33 heavy (non-hydrogen) atoms. The molecule has 3 atom stereocenters. The summed E-state index contributed by atoms with van der Waals surface area (Å²) < 4.78 is 0. The predicted octanol–water partition coefficient (Wildman–Crippen LogP) is -2.95. The lowest BCUT2D eigenvalue weighted by Gasteiger charge is -2.24. The van der Waals surface area contributed by atoms with Gasteiger partial charge in [-0.25, -0.2) is 11.7 Å². The molecule has 0 aliphatic rings. The van der Waals surface area contributed by atoms with E-state index < -0.39 is 47.7 Å². The summed E-state index contributed by atoms with van der Waals surface area (Å²) in [5, 5.41) is 11.2. The van der Waals surface area contributed by atoms with Crippen LogP contribution in [-0.4, -0.2) is 61.3 Å². The van der Waals surface area contributed by atoms with Gasteiger partial charge in [-0.3, -0.25) is 34.8 Å². The molecule has 0 saturated heterocycles. The minimum Gasteiger partial charge on any atom is -0.368 e. The first-order chi connectivity index (χ1) is 15.7. The van der Waals surface area contributed by atoms with Gasteiger partial charge in [-0.1, -0.05) is 11.5 Å². The number of unbranched alkanes of at least 4 members (excludes halogenated alkanes) is 1. The molecule has 0 spiro atoms. The highest BCUT2D eigenvalue weighted by Crippen LogP contribution is 2.06. The number of carbonyl (C=O) groups excluding carboxylic acids is 5. The second-order valence-electron chi connectivity index (χ2n) is 7.03. The lowest BCUT2D eigenvalue weighted by molar-refractivity contribution is -0.133. The van der Waals surface area contributed by atoms with Gasteiger partial charge >= 0.3 is 0 Å². The topological polar surface area (TPSA) is 272 Å². The van der Waals surface area contributed by atoms with Gasteiger partial charge in [-0.05, 0) is 38.3 Å². The highest BCUT2D eigenvalue weighted by atomic mass is 16.2. The van der Waals surface area contributed by atoms with E-state index in [1.807, 2.05) is 10.9 Å². The van der Waals surface area contributed by atoms with Crippen LogP contribution in [0.5, 0.6) is 0 Å². The summed E-state index contributed by atoms with van der Waals surface area (Å²) in [6.45, 7) is 0.296.